The van der Waals surface area contributed by atoms with Gasteiger partial charge in [0.25, 0.3) is 0 Å². The highest BCUT2D eigenvalue weighted by atomic mass is 19.1. The Morgan fingerprint density at radius 2 is 1.86 bits per heavy atom. The summed E-state index contributed by atoms with van der Waals surface area (Å²) < 4.78 is 13.3. The molecule has 0 atom stereocenters. The number of nitrogens with one attached hydrogen (secondary N) is 1. The second kappa shape index (κ2) is 8.91. The molecule has 0 aliphatic carbocycles. The summed E-state index contributed by atoms with van der Waals surface area (Å²) in [6, 6.07) is 13.9. The molecule has 1 saturated heterocycles. The van der Waals surface area contributed by atoms with Crippen molar-refractivity contribution in [1.29, 1.82) is 0 Å². The molecule has 3 heteroatoms. The van der Waals surface area contributed by atoms with E-state index in [0.717, 1.165) is 31.6 Å². The Labute approximate surface area is 167 Å². The van der Waals surface area contributed by atoms with Crippen LogP contribution in [0.15, 0.2) is 48.7 Å². The van der Waals surface area contributed by atoms with Crippen molar-refractivity contribution in [2.45, 2.75) is 51.4 Å². The van der Waals surface area contributed by atoms with Crippen molar-refractivity contribution in [3.05, 3.63) is 71.2 Å². The summed E-state index contributed by atoms with van der Waals surface area (Å²) in [6.45, 7) is 5.53. The molecule has 3 aromatic rings. The van der Waals surface area contributed by atoms with Crippen LogP contribution >= 0.6 is 0 Å². The predicted octanol–water partition coefficient (Wildman–Crippen LogP) is 6.07. The number of halogens is 1. The molecule has 4 rings (SSSR count). The third-order valence-electron chi connectivity index (χ3n) is 6.23. The van der Waals surface area contributed by atoms with Crippen molar-refractivity contribution in [3.8, 4) is 0 Å². The van der Waals surface area contributed by atoms with Crippen molar-refractivity contribution < 1.29 is 4.39 Å². The van der Waals surface area contributed by atoms with E-state index >= 15 is 0 Å². The van der Waals surface area contributed by atoms with Crippen LogP contribution in [0.25, 0.3) is 10.9 Å². The van der Waals surface area contributed by atoms with Crippen LogP contribution in [0.2, 0.25) is 0 Å². The molecule has 0 radical (unpaired) electrons. The minimum Gasteiger partial charge on any atom is -0.361 e. The zero-order valence-corrected chi connectivity index (χ0v) is 16.9. The largest absolute Gasteiger partial charge is 0.361 e. The molecular weight excluding hydrogens is 347 g/mol. The minimum atomic E-state index is -0.131. The van der Waals surface area contributed by atoms with E-state index in [0.29, 0.717) is 5.92 Å². The molecule has 28 heavy (non-hydrogen) atoms. The van der Waals surface area contributed by atoms with Crippen LogP contribution < -0.4 is 0 Å². The molecule has 1 aliphatic heterocycles. The molecule has 148 valence electrons. The summed E-state index contributed by atoms with van der Waals surface area (Å²) in [6.07, 6.45) is 9.25. The van der Waals surface area contributed by atoms with E-state index < -0.39 is 0 Å². The Hall–Kier alpha value is -2.13. The average Bonchev–Trinajstić information content (AvgIpc) is 3.14. The molecule has 0 bridgehead atoms. The van der Waals surface area contributed by atoms with Crippen molar-refractivity contribution >= 4 is 10.9 Å². The van der Waals surface area contributed by atoms with Crippen LogP contribution in [-0.4, -0.2) is 29.5 Å². The van der Waals surface area contributed by atoms with Gasteiger partial charge < -0.3 is 9.88 Å². The van der Waals surface area contributed by atoms with E-state index in [1.165, 1.54) is 60.2 Å². The molecule has 2 aromatic carbocycles. The number of aryl methyl sites for hydroxylation is 1. The minimum absolute atomic E-state index is 0.131. The van der Waals surface area contributed by atoms with E-state index in [-0.39, 0.29) is 5.82 Å². The second-order valence-electron chi connectivity index (χ2n) is 8.22. The average molecular weight is 379 g/mol. The van der Waals surface area contributed by atoms with E-state index in [1.807, 2.05) is 12.1 Å². The van der Waals surface area contributed by atoms with Gasteiger partial charge >= 0.3 is 0 Å². The van der Waals surface area contributed by atoms with Gasteiger partial charge in [0.1, 0.15) is 5.82 Å². The highest BCUT2D eigenvalue weighted by molar-refractivity contribution is 5.84. The Morgan fingerprint density at radius 3 is 2.64 bits per heavy atom. The first kappa shape index (κ1) is 19.2. The van der Waals surface area contributed by atoms with Crippen LogP contribution in [0.4, 0.5) is 4.39 Å². The maximum absolute atomic E-state index is 13.3. The zero-order chi connectivity index (χ0) is 19.3. The van der Waals surface area contributed by atoms with Gasteiger partial charge in [-0.25, -0.2) is 4.39 Å². The highest BCUT2D eigenvalue weighted by Crippen LogP contribution is 2.33. The van der Waals surface area contributed by atoms with Crippen LogP contribution in [0.1, 0.15) is 55.2 Å². The van der Waals surface area contributed by atoms with Gasteiger partial charge in [-0.3, -0.25) is 0 Å². The number of hydrogen-bond acceptors (Lipinski definition) is 1. The predicted molar refractivity (Wildman–Crippen MR) is 115 cm³/mol. The quantitative estimate of drug-likeness (QED) is 0.528. The number of aromatic nitrogens is 1. The lowest BCUT2D eigenvalue weighted by atomic mass is 9.88. The van der Waals surface area contributed by atoms with Crippen molar-refractivity contribution in [2.75, 3.05) is 19.6 Å². The summed E-state index contributed by atoms with van der Waals surface area (Å²) in [7, 11) is 0. The first-order chi connectivity index (χ1) is 13.7. The summed E-state index contributed by atoms with van der Waals surface area (Å²) in [4.78, 5) is 6.01. The van der Waals surface area contributed by atoms with Gasteiger partial charge in [0.05, 0.1) is 0 Å². The number of benzene rings is 2. The summed E-state index contributed by atoms with van der Waals surface area (Å²) in [5.41, 5.74) is 5.32. The molecule has 1 fully saturated rings. The van der Waals surface area contributed by atoms with Gasteiger partial charge in [-0.2, -0.15) is 0 Å². The third-order valence-corrected chi connectivity index (χ3v) is 6.23. The standard InChI is InChI=1S/C25H31FN2/c1-2-3-5-19-8-9-25-23(17-19)24(18-27-25)21-11-14-28(15-12-21)13-10-20-6-4-7-22(26)16-20/h4,6-9,16-18,21,27H,2-3,5,10-15H2,1H3. The normalized spacial score (nSPS) is 16.1. The lowest BCUT2D eigenvalue weighted by Gasteiger charge is -2.32. The first-order valence-corrected chi connectivity index (χ1v) is 10.8. The second-order valence-corrected chi connectivity index (χ2v) is 8.22. The molecule has 0 saturated carbocycles. The number of aromatic amines is 1. The lowest BCUT2D eigenvalue weighted by molar-refractivity contribution is 0.215. The fourth-order valence-electron chi connectivity index (χ4n) is 4.51. The SMILES string of the molecule is CCCCc1ccc2[nH]cc(C3CCN(CCc4cccc(F)c4)CC3)c2c1. The molecular formula is C25H31FN2. The fourth-order valence-corrected chi connectivity index (χ4v) is 4.51. The Morgan fingerprint density at radius 1 is 1.04 bits per heavy atom. The smallest absolute Gasteiger partial charge is 0.123 e. The molecule has 0 unspecified atom stereocenters. The van der Waals surface area contributed by atoms with Gasteiger partial charge in [-0.1, -0.05) is 31.5 Å². The molecule has 1 N–H and O–H groups in total. The number of H-pyrrole nitrogens is 1. The Balaban J connectivity index is 1.36. The maximum Gasteiger partial charge on any atom is 0.123 e. The first-order valence-electron chi connectivity index (χ1n) is 10.8. The summed E-state index contributed by atoms with van der Waals surface area (Å²) >= 11 is 0. The summed E-state index contributed by atoms with van der Waals surface area (Å²) in [5.74, 6) is 0.509. The topological polar surface area (TPSA) is 19.0 Å². The third kappa shape index (κ3) is 4.47. The van der Waals surface area contributed by atoms with Gasteiger partial charge in [0.2, 0.25) is 0 Å². The van der Waals surface area contributed by atoms with Crippen LogP contribution in [0.3, 0.4) is 0 Å². The van der Waals surface area contributed by atoms with Crippen LogP contribution in [0.5, 0.6) is 0 Å². The molecule has 1 aromatic heterocycles. The van der Waals surface area contributed by atoms with E-state index in [2.05, 4.69) is 41.2 Å². The van der Waals surface area contributed by atoms with E-state index in [4.69, 9.17) is 0 Å². The number of nitrogens with zero attached hydrogens (tertiary/aromatic N) is 1. The lowest BCUT2D eigenvalue weighted by Crippen LogP contribution is -2.34. The number of hydrogen-bond donors (Lipinski definition) is 1. The van der Waals surface area contributed by atoms with Gasteiger partial charge in [-0.15, -0.1) is 0 Å². The maximum atomic E-state index is 13.3. The van der Waals surface area contributed by atoms with Crippen LogP contribution in [-0.2, 0) is 12.8 Å². The van der Waals surface area contributed by atoms with Crippen molar-refractivity contribution in [1.82, 2.24) is 9.88 Å². The van der Waals surface area contributed by atoms with Gasteiger partial charge in [0.15, 0.2) is 0 Å². The number of rotatable bonds is 7. The van der Waals surface area contributed by atoms with Gasteiger partial charge in [0, 0.05) is 23.6 Å². The van der Waals surface area contributed by atoms with E-state index in [9.17, 15) is 4.39 Å². The van der Waals surface area contributed by atoms with Crippen molar-refractivity contribution in [3.63, 3.8) is 0 Å². The highest BCUT2D eigenvalue weighted by Gasteiger charge is 2.22. The van der Waals surface area contributed by atoms with Gasteiger partial charge in [-0.05, 0) is 92.1 Å². The number of piperidine rings is 1. The monoisotopic (exact) mass is 378 g/mol. The van der Waals surface area contributed by atoms with E-state index in [1.54, 1.807) is 6.07 Å². The number of unbranched alkanes of at least 4 members (excludes halogenated alkanes) is 1. The molecule has 1 aliphatic rings. The summed E-state index contributed by atoms with van der Waals surface area (Å²) in [5, 5.41) is 1.42. The van der Waals surface area contributed by atoms with Crippen LogP contribution in [0, 0.1) is 5.82 Å². The number of fused-ring (bicyclic) bond motifs is 1. The molecule has 2 nitrogen and oxygen atoms in total. The molecule has 0 spiro atoms. The molecule has 2 heterocycles. The fraction of sp³-hybridized carbons (Fsp3) is 0.440. The Bertz CT molecular complexity index is 906. The Kier molecular flexibility index (Phi) is 6.11. The zero-order valence-electron chi connectivity index (χ0n) is 16.9. The van der Waals surface area contributed by atoms with Crippen molar-refractivity contribution in [2.24, 2.45) is 0 Å². The number of likely N-dealkylation sites (tertiary alicyclic amines) is 1. The molecule has 0 amide bonds.